The molecule has 0 unspecified atom stereocenters. The van der Waals surface area contributed by atoms with E-state index in [-0.39, 0.29) is 13.2 Å². The van der Waals surface area contributed by atoms with Gasteiger partial charge in [0.1, 0.15) is 24.7 Å². The Morgan fingerprint density at radius 2 is 1.20 bits per heavy atom. The molecule has 4 heteroatoms. The molecule has 0 saturated heterocycles. The number of rotatable bonds is 8. The molecule has 0 aliphatic carbocycles. The minimum absolute atomic E-state index is 0.172. The Balaban J connectivity index is 1.43. The first-order chi connectivity index (χ1) is 14.7. The van der Waals surface area contributed by atoms with Gasteiger partial charge in [-0.1, -0.05) is 67.2 Å². The third-order valence-electron chi connectivity index (χ3n) is 4.76. The standard InChI is InChI=1S/C26H22O4/c1-2-26(27)30-25(17-28-23-13-11-19-7-3-5-9-21(19)15-23)18-29-24-14-12-20-8-4-6-10-22(20)16-24/h2-16,25H,1,17-18H2. The summed E-state index contributed by atoms with van der Waals surface area (Å²) in [5.41, 5.74) is 0. The van der Waals surface area contributed by atoms with Gasteiger partial charge in [0.05, 0.1) is 0 Å². The molecule has 4 aromatic carbocycles. The predicted molar refractivity (Wildman–Crippen MR) is 119 cm³/mol. The highest BCUT2D eigenvalue weighted by molar-refractivity contribution is 5.84. The summed E-state index contributed by atoms with van der Waals surface area (Å²) in [4.78, 5) is 11.7. The molecule has 0 fully saturated rings. The van der Waals surface area contributed by atoms with E-state index in [1.54, 1.807) is 0 Å². The van der Waals surface area contributed by atoms with Crippen LogP contribution in [0.25, 0.3) is 21.5 Å². The topological polar surface area (TPSA) is 44.8 Å². The van der Waals surface area contributed by atoms with E-state index in [2.05, 4.69) is 6.58 Å². The normalized spacial score (nSPS) is 10.8. The molecule has 0 N–H and O–H groups in total. The van der Waals surface area contributed by atoms with E-state index in [4.69, 9.17) is 14.2 Å². The van der Waals surface area contributed by atoms with Crippen LogP contribution in [0.2, 0.25) is 0 Å². The van der Waals surface area contributed by atoms with Gasteiger partial charge in [-0.05, 0) is 45.8 Å². The number of fused-ring (bicyclic) bond motifs is 2. The number of ether oxygens (including phenoxy) is 3. The summed E-state index contributed by atoms with van der Waals surface area (Å²) in [5.74, 6) is 0.905. The first kappa shape index (κ1) is 19.5. The first-order valence-corrected chi connectivity index (χ1v) is 9.77. The van der Waals surface area contributed by atoms with Crippen LogP contribution in [-0.2, 0) is 9.53 Å². The summed E-state index contributed by atoms with van der Waals surface area (Å²) in [6.07, 6.45) is 0.562. The molecule has 4 aromatic rings. The van der Waals surface area contributed by atoms with Crippen molar-refractivity contribution >= 4 is 27.5 Å². The Bertz CT molecular complexity index is 1100. The number of benzene rings is 4. The van der Waals surface area contributed by atoms with Crippen molar-refractivity contribution in [1.29, 1.82) is 0 Å². The van der Waals surface area contributed by atoms with Crippen LogP contribution in [0.1, 0.15) is 0 Å². The number of hydrogen-bond acceptors (Lipinski definition) is 4. The van der Waals surface area contributed by atoms with Crippen molar-refractivity contribution in [2.45, 2.75) is 6.10 Å². The van der Waals surface area contributed by atoms with Gasteiger partial charge in [0.2, 0.25) is 0 Å². The Morgan fingerprint density at radius 3 is 1.67 bits per heavy atom. The van der Waals surface area contributed by atoms with E-state index >= 15 is 0 Å². The molecule has 0 atom stereocenters. The highest BCUT2D eigenvalue weighted by atomic mass is 16.6. The van der Waals surface area contributed by atoms with E-state index in [1.807, 2.05) is 84.9 Å². The van der Waals surface area contributed by atoms with E-state index in [1.165, 1.54) is 0 Å². The number of esters is 1. The summed E-state index contributed by atoms with van der Waals surface area (Å²) in [6, 6.07) is 27.8. The van der Waals surface area contributed by atoms with E-state index in [9.17, 15) is 4.79 Å². The van der Waals surface area contributed by atoms with Crippen molar-refractivity contribution < 1.29 is 19.0 Å². The molecule has 0 spiro atoms. The van der Waals surface area contributed by atoms with Crippen LogP contribution < -0.4 is 9.47 Å². The quantitative estimate of drug-likeness (QED) is 0.288. The lowest BCUT2D eigenvalue weighted by molar-refractivity contribution is -0.146. The predicted octanol–water partition coefficient (Wildman–Crippen LogP) is 5.55. The Hall–Kier alpha value is -3.79. The van der Waals surface area contributed by atoms with Gasteiger partial charge in [0.15, 0.2) is 6.10 Å². The van der Waals surface area contributed by atoms with Gasteiger partial charge in [-0.15, -0.1) is 0 Å². The Labute approximate surface area is 175 Å². The van der Waals surface area contributed by atoms with Gasteiger partial charge in [-0.25, -0.2) is 4.79 Å². The van der Waals surface area contributed by atoms with E-state index in [0.717, 1.165) is 27.6 Å². The van der Waals surface area contributed by atoms with Crippen LogP contribution >= 0.6 is 0 Å². The average Bonchev–Trinajstić information content (AvgIpc) is 2.80. The highest BCUT2D eigenvalue weighted by Gasteiger charge is 2.16. The lowest BCUT2D eigenvalue weighted by Gasteiger charge is -2.19. The van der Waals surface area contributed by atoms with E-state index in [0.29, 0.717) is 11.5 Å². The number of hydrogen-bond donors (Lipinski definition) is 0. The maximum atomic E-state index is 11.7. The SMILES string of the molecule is C=CC(=O)OC(COc1ccc2ccccc2c1)COc1ccc2ccccc2c1. The third kappa shape index (κ3) is 4.78. The molecule has 0 bridgehead atoms. The van der Waals surface area contributed by atoms with Gasteiger partial charge in [0, 0.05) is 6.08 Å². The molecular formula is C26H22O4. The monoisotopic (exact) mass is 398 g/mol. The Kier molecular flexibility index (Phi) is 5.95. The Morgan fingerprint density at radius 1 is 0.733 bits per heavy atom. The molecule has 0 aliphatic heterocycles. The second-order valence-electron chi connectivity index (χ2n) is 6.90. The molecule has 4 rings (SSSR count). The molecule has 0 amide bonds. The zero-order valence-electron chi connectivity index (χ0n) is 16.5. The highest BCUT2D eigenvalue weighted by Crippen LogP contribution is 2.22. The molecule has 30 heavy (non-hydrogen) atoms. The van der Waals surface area contributed by atoms with Crippen molar-refractivity contribution in [3.8, 4) is 11.5 Å². The second kappa shape index (κ2) is 9.14. The smallest absolute Gasteiger partial charge is 0.330 e. The zero-order chi connectivity index (χ0) is 20.8. The summed E-state index contributed by atoms with van der Waals surface area (Å²) >= 11 is 0. The van der Waals surface area contributed by atoms with E-state index < -0.39 is 12.1 Å². The fourth-order valence-corrected chi connectivity index (χ4v) is 3.22. The zero-order valence-corrected chi connectivity index (χ0v) is 16.5. The second-order valence-corrected chi connectivity index (χ2v) is 6.90. The van der Waals surface area contributed by atoms with Crippen molar-refractivity contribution in [1.82, 2.24) is 0 Å². The lowest BCUT2D eigenvalue weighted by Crippen LogP contribution is -2.30. The molecule has 0 heterocycles. The fraction of sp³-hybridized carbons (Fsp3) is 0.115. The summed E-state index contributed by atoms with van der Waals surface area (Å²) < 4.78 is 17.2. The van der Waals surface area contributed by atoms with Gasteiger partial charge in [-0.3, -0.25) is 0 Å². The lowest BCUT2D eigenvalue weighted by atomic mass is 10.1. The van der Waals surface area contributed by atoms with Crippen molar-refractivity contribution in [2.75, 3.05) is 13.2 Å². The van der Waals surface area contributed by atoms with Crippen LogP contribution in [0.5, 0.6) is 11.5 Å². The van der Waals surface area contributed by atoms with Crippen LogP contribution in [0.15, 0.2) is 97.6 Å². The first-order valence-electron chi connectivity index (χ1n) is 9.77. The summed E-state index contributed by atoms with van der Waals surface area (Å²) in [6.45, 7) is 3.81. The molecule has 0 saturated carbocycles. The fourth-order valence-electron chi connectivity index (χ4n) is 3.22. The largest absolute Gasteiger partial charge is 0.490 e. The molecule has 150 valence electrons. The van der Waals surface area contributed by atoms with Crippen molar-refractivity contribution in [3.63, 3.8) is 0 Å². The molecule has 0 aromatic heterocycles. The number of carbonyl (C=O) groups is 1. The van der Waals surface area contributed by atoms with Crippen LogP contribution in [0.4, 0.5) is 0 Å². The molecule has 0 radical (unpaired) electrons. The third-order valence-corrected chi connectivity index (χ3v) is 4.76. The van der Waals surface area contributed by atoms with Crippen LogP contribution in [0, 0.1) is 0 Å². The van der Waals surface area contributed by atoms with Crippen LogP contribution in [0.3, 0.4) is 0 Å². The maximum Gasteiger partial charge on any atom is 0.330 e. The van der Waals surface area contributed by atoms with Gasteiger partial charge in [0.25, 0.3) is 0 Å². The molecule has 4 nitrogen and oxygen atoms in total. The minimum atomic E-state index is -0.576. The van der Waals surface area contributed by atoms with Crippen molar-refractivity contribution in [2.24, 2.45) is 0 Å². The van der Waals surface area contributed by atoms with Gasteiger partial charge >= 0.3 is 5.97 Å². The van der Waals surface area contributed by atoms with Crippen LogP contribution in [-0.4, -0.2) is 25.3 Å². The van der Waals surface area contributed by atoms with Crippen molar-refractivity contribution in [3.05, 3.63) is 97.6 Å². The maximum absolute atomic E-state index is 11.7. The summed E-state index contributed by atoms with van der Waals surface area (Å²) in [5, 5.41) is 4.45. The minimum Gasteiger partial charge on any atom is -0.490 e. The van der Waals surface area contributed by atoms with Gasteiger partial charge < -0.3 is 14.2 Å². The van der Waals surface area contributed by atoms with Gasteiger partial charge in [-0.2, -0.15) is 0 Å². The summed E-state index contributed by atoms with van der Waals surface area (Å²) in [7, 11) is 0. The average molecular weight is 398 g/mol. The molecular weight excluding hydrogens is 376 g/mol. The molecule has 0 aliphatic rings. The number of carbonyl (C=O) groups excluding carboxylic acids is 1.